The van der Waals surface area contributed by atoms with Crippen LogP contribution in [0.25, 0.3) is 16.6 Å². The number of hydrazine groups is 1. The van der Waals surface area contributed by atoms with Crippen LogP contribution in [0.15, 0.2) is 48.5 Å². The van der Waals surface area contributed by atoms with E-state index in [2.05, 4.69) is 41.0 Å². The Hall–Kier alpha value is -4.32. The van der Waals surface area contributed by atoms with E-state index in [1.807, 2.05) is 36.4 Å². The number of carbonyl (C=O) groups is 2. The number of carbonyl (C=O) groups excluding carboxylic acids is 2. The summed E-state index contributed by atoms with van der Waals surface area (Å²) in [7, 11) is 0. The van der Waals surface area contributed by atoms with Gasteiger partial charge in [-0.15, -0.1) is 5.10 Å². The third kappa shape index (κ3) is 6.58. The van der Waals surface area contributed by atoms with Crippen LogP contribution in [0, 0.1) is 12.7 Å². The lowest BCUT2D eigenvalue weighted by Gasteiger charge is -2.36. The molecule has 1 saturated heterocycles. The van der Waals surface area contributed by atoms with Gasteiger partial charge in [0.15, 0.2) is 5.65 Å². The van der Waals surface area contributed by atoms with Crippen molar-refractivity contribution in [3.8, 4) is 0 Å². The molecule has 2 amide bonds. The minimum atomic E-state index is -0.330. The summed E-state index contributed by atoms with van der Waals surface area (Å²) in [5.41, 5.74) is 7.82. The normalized spacial score (nSPS) is 14.1. The summed E-state index contributed by atoms with van der Waals surface area (Å²) in [6.45, 7) is 6.85. The molecule has 0 saturated carbocycles. The number of aromatic nitrogens is 4. The average molecular weight is 534 g/mol. The van der Waals surface area contributed by atoms with Gasteiger partial charge in [0.05, 0.1) is 5.52 Å². The Morgan fingerprint density at radius 2 is 1.69 bits per heavy atom. The van der Waals surface area contributed by atoms with Gasteiger partial charge in [-0.05, 0) is 56.3 Å². The third-order valence-electron chi connectivity index (χ3n) is 6.72. The molecule has 11 nitrogen and oxygen atoms in total. The van der Waals surface area contributed by atoms with Gasteiger partial charge in [-0.2, -0.15) is 4.52 Å². The van der Waals surface area contributed by atoms with Crippen molar-refractivity contribution in [2.45, 2.75) is 26.2 Å². The molecule has 204 valence electrons. The summed E-state index contributed by atoms with van der Waals surface area (Å²) >= 11 is 0. The van der Waals surface area contributed by atoms with Gasteiger partial charge in [0.25, 0.3) is 0 Å². The first-order valence-corrected chi connectivity index (χ1v) is 13.1. The van der Waals surface area contributed by atoms with Gasteiger partial charge in [0, 0.05) is 56.6 Å². The molecular weight excluding hydrogens is 501 g/mol. The maximum Gasteiger partial charge on any atom is 0.245 e. The number of aryl methyl sites for hydroxylation is 1. The Kier molecular flexibility index (Phi) is 8.11. The van der Waals surface area contributed by atoms with E-state index in [0.29, 0.717) is 24.0 Å². The second kappa shape index (κ2) is 12.0. The van der Waals surface area contributed by atoms with E-state index < -0.39 is 0 Å². The fourth-order valence-electron chi connectivity index (χ4n) is 4.66. The summed E-state index contributed by atoms with van der Waals surface area (Å²) in [4.78, 5) is 38.2. The van der Waals surface area contributed by atoms with Crippen LogP contribution in [0.4, 0.5) is 16.0 Å². The lowest BCUT2D eigenvalue weighted by molar-refractivity contribution is -0.126. The molecule has 1 aliphatic rings. The van der Waals surface area contributed by atoms with E-state index in [1.165, 1.54) is 12.1 Å². The molecular formula is C27H32FN9O2. The zero-order valence-corrected chi connectivity index (χ0v) is 21.9. The summed E-state index contributed by atoms with van der Waals surface area (Å²) in [6.07, 6.45) is 0.959. The Morgan fingerprint density at radius 3 is 2.49 bits per heavy atom. The molecule has 0 spiro atoms. The van der Waals surface area contributed by atoms with Crippen LogP contribution < -0.4 is 21.1 Å². The molecule has 12 heteroatoms. The fraction of sp³-hybridized carbons (Fsp3) is 0.370. The van der Waals surface area contributed by atoms with Gasteiger partial charge in [-0.1, -0.05) is 12.1 Å². The van der Waals surface area contributed by atoms with Gasteiger partial charge in [-0.25, -0.2) is 14.4 Å². The molecule has 1 fully saturated rings. The first-order chi connectivity index (χ1) is 19.0. The number of anilines is 2. The van der Waals surface area contributed by atoms with Gasteiger partial charge < -0.3 is 10.2 Å². The number of rotatable bonds is 10. The molecule has 5 rings (SSSR count). The number of halogens is 1. The number of para-hydroxylation sites is 1. The van der Waals surface area contributed by atoms with Crippen molar-refractivity contribution in [2.75, 3.05) is 49.6 Å². The van der Waals surface area contributed by atoms with Gasteiger partial charge in [-0.3, -0.25) is 25.3 Å². The minimum absolute atomic E-state index is 0.0390. The molecule has 2 aromatic carbocycles. The van der Waals surface area contributed by atoms with Gasteiger partial charge >= 0.3 is 0 Å². The molecule has 0 unspecified atom stereocenters. The molecule has 4 aromatic rings. The van der Waals surface area contributed by atoms with Crippen LogP contribution in [-0.4, -0.2) is 75.6 Å². The number of piperazine rings is 1. The average Bonchev–Trinajstić information content (AvgIpc) is 3.35. The molecule has 3 N–H and O–H groups in total. The monoisotopic (exact) mass is 533 g/mol. The molecule has 39 heavy (non-hydrogen) atoms. The van der Waals surface area contributed by atoms with Crippen LogP contribution >= 0.6 is 0 Å². The van der Waals surface area contributed by atoms with Crippen LogP contribution in [-0.2, 0) is 9.59 Å². The highest BCUT2D eigenvalue weighted by atomic mass is 19.1. The minimum Gasteiger partial charge on any atom is -0.369 e. The van der Waals surface area contributed by atoms with Crippen molar-refractivity contribution in [2.24, 2.45) is 0 Å². The molecule has 1 aliphatic heterocycles. The second-order valence-corrected chi connectivity index (χ2v) is 9.53. The number of benzene rings is 2. The Labute approximate surface area is 225 Å². The molecule has 0 atom stereocenters. The molecule has 0 aliphatic carbocycles. The zero-order valence-electron chi connectivity index (χ0n) is 21.9. The Balaban J connectivity index is 0.991. The topological polar surface area (TPSA) is 120 Å². The SMILES string of the molecule is Cc1nc2c3ccccc3nc(NNC(=O)CCC(=O)NCCCN3CCN(c4ccc(F)cc4)CC3)n2n1. The highest BCUT2D eigenvalue weighted by Gasteiger charge is 2.17. The van der Waals surface area contributed by atoms with E-state index >= 15 is 0 Å². The van der Waals surface area contributed by atoms with E-state index in [4.69, 9.17) is 0 Å². The first-order valence-electron chi connectivity index (χ1n) is 13.1. The number of hydrogen-bond acceptors (Lipinski definition) is 8. The van der Waals surface area contributed by atoms with E-state index in [0.717, 1.165) is 55.7 Å². The standard InChI is InChI=1S/C27H32FN9O2/c1-19-30-26-22-5-2-3-6-23(22)31-27(37(26)34-19)33-32-25(39)12-11-24(38)29-13-4-14-35-15-17-36(18-16-35)21-9-7-20(28)8-10-21/h2-3,5-10H,4,11-18H2,1H3,(H,29,38)(H,31,33)(H,32,39). The lowest BCUT2D eigenvalue weighted by Crippen LogP contribution is -2.47. The van der Waals surface area contributed by atoms with Crippen molar-refractivity contribution in [1.82, 2.24) is 35.2 Å². The zero-order chi connectivity index (χ0) is 27.2. The Morgan fingerprint density at radius 1 is 0.949 bits per heavy atom. The van der Waals surface area contributed by atoms with Crippen LogP contribution in [0.5, 0.6) is 0 Å². The van der Waals surface area contributed by atoms with E-state index in [1.54, 1.807) is 11.4 Å². The van der Waals surface area contributed by atoms with Crippen molar-refractivity contribution < 1.29 is 14.0 Å². The van der Waals surface area contributed by atoms with Crippen molar-refractivity contribution in [1.29, 1.82) is 0 Å². The van der Waals surface area contributed by atoms with Crippen molar-refractivity contribution >= 4 is 40.0 Å². The number of nitrogens with one attached hydrogen (secondary N) is 3. The number of amides is 2. The number of fused-ring (bicyclic) bond motifs is 3. The van der Waals surface area contributed by atoms with Crippen molar-refractivity contribution in [3.05, 3.63) is 60.2 Å². The maximum atomic E-state index is 13.1. The maximum absolute atomic E-state index is 13.1. The van der Waals surface area contributed by atoms with Crippen LogP contribution in [0.1, 0.15) is 25.1 Å². The highest BCUT2D eigenvalue weighted by Crippen LogP contribution is 2.20. The van der Waals surface area contributed by atoms with E-state index in [-0.39, 0.29) is 30.5 Å². The molecule has 0 radical (unpaired) electrons. The predicted molar refractivity (Wildman–Crippen MR) is 147 cm³/mol. The number of hydrogen-bond donors (Lipinski definition) is 3. The third-order valence-corrected chi connectivity index (χ3v) is 6.72. The second-order valence-electron chi connectivity index (χ2n) is 9.53. The van der Waals surface area contributed by atoms with Crippen LogP contribution in [0.2, 0.25) is 0 Å². The molecule has 3 heterocycles. The summed E-state index contributed by atoms with van der Waals surface area (Å²) in [5, 5.41) is 8.11. The summed E-state index contributed by atoms with van der Waals surface area (Å²) in [5.74, 6) is 0.208. The quantitative estimate of drug-likeness (QED) is 0.210. The predicted octanol–water partition coefficient (Wildman–Crippen LogP) is 2.28. The molecule has 2 aromatic heterocycles. The Bertz CT molecular complexity index is 1450. The summed E-state index contributed by atoms with van der Waals surface area (Å²) < 4.78 is 14.7. The van der Waals surface area contributed by atoms with Gasteiger partial charge in [0.2, 0.25) is 17.8 Å². The smallest absolute Gasteiger partial charge is 0.245 e. The largest absolute Gasteiger partial charge is 0.369 e. The van der Waals surface area contributed by atoms with E-state index in [9.17, 15) is 14.0 Å². The number of nitrogens with zero attached hydrogens (tertiary/aromatic N) is 6. The van der Waals surface area contributed by atoms with Gasteiger partial charge in [0.1, 0.15) is 11.6 Å². The summed E-state index contributed by atoms with van der Waals surface area (Å²) in [6, 6.07) is 14.2. The first kappa shape index (κ1) is 26.3. The highest BCUT2D eigenvalue weighted by molar-refractivity contribution is 5.92. The lowest BCUT2D eigenvalue weighted by atomic mass is 10.2. The van der Waals surface area contributed by atoms with Crippen molar-refractivity contribution in [3.63, 3.8) is 0 Å². The fourth-order valence-corrected chi connectivity index (χ4v) is 4.66. The van der Waals surface area contributed by atoms with Crippen LogP contribution in [0.3, 0.4) is 0 Å². The molecule has 0 bridgehead atoms.